The van der Waals surface area contributed by atoms with Crippen LogP contribution in [-0.2, 0) is 14.3 Å². The summed E-state index contributed by atoms with van der Waals surface area (Å²) in [4.78, 5) is 30.7. The van der Waals surface area contributed by atoms with Crippen molar-refractivity contribution in [2.24, 2.45) is 28.7 Å². The molecule has 1 saturated carbocycles. The number of amides is 2. The molecule has 1 aliphatic heterocycles. The van der Waals surface area contributed by atoms with Crippen LogP contribution in [0.2, 0.25) is 0 Å². The lowest BCUT2D eigenvalue weighted by Gasteiger charge is -2.18. The molecular formula is C17H27IN4O3. The van der Waals surface area contributed by atoms with Crippen LogP contribution in [0, 0.1) is 23.7 Å². The lowest BCUT2D eigenvalue weighted by Crippen LogP contribution is -2.41. The van der Waals surface area contributed by atoms with Gasteiger partial charge in [0.1, 0.15) is 0 Å². The van der Waals surface area contributed by atoms with Crippen molar-refractivity contribution >= 4 is 41.8 Å². The lowest BCUT2D eigenvalue weighted by molar-refractivity contribution is -0.140. The van der Waals surface area contributed by atoms with E-state index in [4.69, 9.17) is 4.74 Å². The molecule has 2 N–H and O–H groups in total. The van der Waals surface area contributed by atoms with Crippen molar-refractivity contribution in [1.82, 2.24) is 15.5 Å². The van der Waals surface area contributed by atoms with Crippen LogP contribution in [0.4, 0.5) is 0 Å². The molecule has 0 spiro atoms. The van der Waals surface area contributed by atoms with Crippen molar-refractivity contribution in [2.75, 3.05) is 40.4 Å². The van der Waals surface area contributed by atoms with Crippen LogP contribution < -0.4 is 10.6 Å². The quantitative estimate of drug-likeness (QED) is 0.145. The predicted octanol–water partition coefficient (Wildman–Crippen LogP) is 0.613. The van der Waals surface area contributed by atoms with Crippen LogP contribution in [-0.4, -0.2) is 63.1 Å². The van der Waals surface area contributed by atoms with Crippen molar-refractivity contribution in [2.45, 2.75) is 12.8 Å². The molecule has 1 heterocycles. The van der Waals surface area contributed by atoms with Gasteiger partial charge in [0, 0.05) is 33.8 Å². The number of fused-ring (bicyclic) bond motifs is 5. The van der Waals surface area contributed by atoms with Gasteiger partial charge in [0.15, 0.2) is 5.96 Å². The molecule has 7 nitrogen and oxygen atoms in total. The summed E-state index contributed by atoms with van der Waals surface area (Å²) in [6, 6.07) is 0. The van der Waals surface area contributed by atoms with Gasteiger partial charge in [-0.25, -0.2) is 0 Å². The second-order valence-electron chi connectivity index (χ2n) is 6.60. The summed E-state index contributed by atoms with van der Waals surface area (Å²) in [7, 11) is 3.36. The average molecular weight is 462 g/mol. The first-order valence-corrected chi connectivity index (χ1v) is 8.64. The first-order valence-electron chi connectivity index (χ1n) is 8.64. The zero-order valence-corrected chi connectivity index (χ0v) is 17.1. The molecule has 0 radical (unpaired) electrons. The summed E-state index contributed by atoms with van der Waals surface area (Å²) >= 11 is 0. The van der Waals surface area contributed by atoms with Crippen molar-refractivity contribution in [3.63, 3.8) is 0 Å². The van der Waals surface area contributed by atoms with Crippen LogP contribution in [0.5, 0.6) is 0 Å². The normalized spacial score (nSPS) is 29.8. The Morgan fingerprint density at radius 3 is 2.36 bits per heavy atom. The molecular weight excluding hydrogens is 435 g/mol. The number of methoxy groups -OCH3 is 1. The van der Waals surface area contributed by atoms with E-state index in [-0.39, 0.29) is 59.5 Å². The van der Waals surface area contributed by atoms with E-state index in [1.54, 1.807) is 14.2 Å². The largest absolute Gasteiger partial charge is 0.383 e. The molecule has 25 heavy (non-hydrogen) atoms. The predicted molar refractivity (Wildman–Crippen MR) is 106 cm³/mol. The van der Waals surface area contributed by atoms with Crippen molar-refractivity contribution in [3.05, 3.63) is 12.2 Å². The number of guanidine groups is 1. The van der Waals surface area contributed by atoms with Gasteiger partial charge in [0.2, 0.25) is 11.8 Å². The van der Waals surface area contributed by atoms with E-state index in [9.17, 15) is 9.59 Å². The molecule has 3 aliphatic rings. The Morgan fingerprint density at radius 1 is 1.20 bits per heavy atom. The highest BCUT2D eigenvalue weighted by molar-refractivity contribution is 14.0. The third kappa shape index (κ3) is 3.99. The van der Waals surface area contributed by atoms with Gasteiger partial charge in [-0.3, -0.25) is 19.5 Å². The molecule has 1 saturated heterocycles. The molecule has 0 aromatic rings. The summed E-state index contributed by atoms with van der Waals surface area (Å²) in [5, 5.41) is 6.31. The van der Waals surface area contributed by atoms with E-state index in [1.165, 1.54) is 4.90 Å². The minimum Gasteiger partial charge on any atom is -0.383 e. The molecule has 3 rings (SSSR count). The molecule has 8 heteroatoms. The van der Waals surface area contributed by atoms with Gasteiger partial charge in [-0.1, -0.05) is 12.2 Å². The molecule has 2 aliphatic carbocycles. The van der Waals surface area contributed by atoms with E-state index in [0.29, 0.717) is 38.6 Å². The highest BCUT2D eigenvalue weighted by atomic mass is 127. The smallest absolute Gasteiger partial charge is 0.233 e. The van der Waals surface area contributed by atoms with Crippen LogP contribution in [0.15, 0.2) is 17.1 Å². The molecule has 140 valence electrons. The van der Waals surface area contributed by atoms with Gasteiger partial charge in [-0.2, -0.15) is 0 Å². The standard InChI is InChI=1S/C17H26N4O3.HI/c1-18-17(20-7-9-24-2)19-6-3-8-21-15(22)13-11-4-5-12(10-11)14(13)16(21)23;/h4-5,11-14H,3,6-10H2,1-2H3,(H2,18,19,20);1H. The minimum absolute atomic E-state index is 0. The zero-order valence-electron chi connectivity index (χ0n) is 14.7. The van der Waals surface area contributed by atoms with Gasteiger partial charge in [-0.05, 0) is 24.7 Å². The Labute approximate surface area is 165 Å². The van der Waals surface area contributed by atoms with Gasteiger partial charge < -0.3 is 15.4 Å². The maximum absolute atomic E-state index is 12.5. The summed E-state index contributed by atoms with van der Waals surface area (Å²) in [6.07, 6.45) is 5.94. The number of nitrogens with one attached hydrogen (secondary N) is 2. The minimum atomic E-state index is -0.0936. The first kappa shape index (κ1) is 20.2. The third-order valence-corrected chi connectivity index (χ3v) is 5.23. The lowest BCUT2D eigenvalue weighted by atomic mass is 9.85. The molecule has 2 bridgehead atoms. The van der Waals surface area contributed by atoms with Crippen molar-refractivity contribution in [3.8, 4) is 0 Å². The van der Waals surface area contributed by atoms with E-state index in [1.807, 2.05) is 0 Å². The first-order chi connectivity index (χ1) is 11.7. The monoisotopic (exact) mass is 462 g/mol. The molecule has 0 aromatic heterocycles. The number of carbonyl (C=O) groups excluding carboxylic acids is 2. The summed E-state index contributed by atoms with van der Waals surface area (Å²) < 4.78 is 4.98. The molecule has 4 atom stereocenters. The summed E-state index contributed by atoms with van der Waals surface area (Å²) in [5.74, 6) is 1.14. The van der Waals surface area contributed by atoms with Gasteiger partial charge >= 0.3 is 0 Å². The third-order valence-electron chi connectivity index (χ3n) is 5.23. The van der Waals surface area contributed by atoms with Gasteiger partial charge in [-0.15, -0.1) is 24.0 Å². The van der Waals surface area contributed by atoms with Crippen molar-refractivity contribution in [1.29, 1.82) is 0 Å². The number of hydrogen-bond donors (Lipinski definition) is 2. The number of hydrogen-bond acceptors (Lipinski definition) is 4. The van der Waals surface area contributed by atoms with Gasteiger partial charge in [0.05, 0.1) is 18.4 Å². The number of allylic oxidation sites excluding steroid dienone is 2. The molecule has 0 aromatic carbocycles. The fourth-order valence-corrected chi connectivity index (χ4v) is 4.12. The fraction of sp³-hybridized carbons (Fsp3) is 0.706. The summed E-state index contributed by atoms with van der Waals surface area (Å²) in [5.41, 5.74) is 0. The highest BCUT2D eigenvalue weighted by Gasteiger charge is 2.58. The number of nitrogens with zero attached hydrogens (tertiary/aromatic N) is 2. The van der Waals surface area contributed by atoms with E-state index >= 15 is 0 Å². The van der Waals surface area contributed by atoms with E-state index in [0.717, 1.165) is 6.42 Å². The number of likely N-dealkylation sites (tertiary alicyclic amines) is 1. The number of carbonyl (C=O) groups is 2. The number of imide groups is 1. The Balaban J connectivity index is 0.00000225. The zero-order chi connectivity index (χ0) is 17.1. The molecule has 4 unspecified atom stereocenters. The van der Waals surface area contributed by atoms with E-state index in [2.05, 4.69) is 27.8 Å². The second kappa shape index (κ2) is 8.98. The Morgan fingerprint density at radius 2 is 1.80 bits per heavy atom. The number of ether oxygens (including phenoxy) is 1. The average Bonchev–Trinajstić information content (AvgIpc) is 3.26. The van der Waals surface area contributed by atoms with Crippen LogP contribution in [0.1, 0.15) is 12.8 Å². The number of aliphatic imine (C=N–C) groups is 1. The second-order valence-corrected chi connectivity index (χ2v) is 6.60. The van der Waals surface area contributed by atoms with Crippen LogP contribution in [0.3, 0.4) is 0 Å². The number of rotatable bonds is 7. The van der Waals surface area contributed by atoms with E-state index < -0.39 is 0 Å². The van der Waals surface area contributed by atoms with Crippen molar-refractivity contribution < 1.29 is 14.3 Å². The fourth-order valence-electron chi connectivity index (χ4n) is 4.12. The maximum atomic E-state index is 12.5. The van der Waals surface area contributed by atoms with Gasteiger partial charge in [0.25, 0.3) is 0 Å². The molecule has 2 fully saturated rings. The Hall–Kier alpha value is -1.16. The maximum Gasteiger partial charge on any atom is 0.233 e. The topological polar surface area (TPSA) is 83.0 Å². The Kier molecular flexibility index (Phi) is 7.24. The van der Waals surface area contributed by atoms with Crippen LogP contribution >= 0.6 is 24.0 Å². The SMILES string of the molecule is CN=C(NCCCN1C(=O)C2C3C=CC(C3)C2C1=O)NCCOC.I. The Bertz CT molecular complexity index is 536. The highest BCUT2D eigenvalue weighted by Crippen LogP contribution is 2.52. The van der Waals surface area contributed by atoms with Crippen LogP contribution in [0.25, 0.3) is 0 Å². The molecule has 2 amide bonds. The number of halogens is 1. The summed E-state index contributed by atoms with van der Waals surface area (Å²) in [6.45, 7) is 2.42.